The molecule has 1 aromatic heterocycles. The molecule has 0 bridgehead atoms. The van der Waals surface area contributed by atoms with Crippen LogP contribution in [0.2, 0.25) is 0 Å². The number of hydrazone groups is 1. The number of anilines is 4. The lowest BCUT2D eigenvalue weighted by Crippen LogP contribution is -2.37. The second-order valence-electron chi connectivity index (χ2n) is 7.79. The van der Waals surface area contributed by atoms with Crippen molar-refractivity contribution in [2.24, 2.45) is 5.10 Å². The lowest BCUT2D eigenvalue weighted by atomic mass is 10.1. The Bertz CT molecular complexity index is 1190. The van der Waals surface area contributed by atoms with Gasteiger partial charge in [-0.25, -0.2) is 14.2 Å². The number of halogens is 5. The van der Waals surface area contributed by atoms with Crippen LogP contribution in [-0.2, 0) is 11.2 Å². The van der Waals surface area contributed by atoms with Crippen LogP contribution >= 0.6 is 0 Å². The molecule has 0 saturated carbocycles. The third-order valence-corrected chi connectivity index (χ3v) is 5.01. The second-order valence-corrected chi connectivity index (χ2v) is 7.79. The average molecular weight is 523 g/mol. The van der Waals surface area contributed by atoms with E-state index in [4.69, 9.17) is 4.74 Å². The number of morpholine rings is 1. The Kier molecular flexibility index (Phi) is 8.28. The molecule has 9 nitrogen and oxygen atoms in total. The molecule has 1 aliphatic heterocycles. The van der Waals surface area contributed by atoms with Crippen molar-refractivity contribution in [1.82, 2.24) is 15.0 Å². The average Bonchev–Trinajstić information content (AvgIpc) is 2.86. The summed E-state index contributed by atoms with van der Waals surface area (Å²) < 4.78 is 71.5. The zero-order valence-corrected chi connectivity index (χ0v) is 19.3. The second kappa shape index (κ2) is 11.8. The molecule has 14 heteroatoms. The van der Waals surface area contributed by atoms with Gasteiger partial charge in [0.05, 0.1) is 19.4 Å². The highest BCUT2D eigenvalue weighted by Gasteiger charge is 2.31. The van der Waals surface area contributed by atoms with E-state index in [0.29, 0.717) is 49.1 Å². The van der Waals surface area contributed by atoms with Crippen LogP contribution in [0.4, 0.5) is 45.5 Å². The SMILES string of the molecule is FC(F)Cc1ccc(/C=N/Nc2nc(Nc3ccc(OC(F)(F)F)cc3)nc(N3CCOCC3)n2)cc1. The molecule has 4 rings (SSSR count). The van der Waals surface area contributed by atoms with Crippen LogP contribution in [0.25, 0.3) is 0 Å². The first kappa shape index (κ1) is 26.0. The number of nitrogens with one attached hydrogen (secondary N) is 2. The van der Waals surface area contributed by atoms with Crippen molar-refractivity contribution in [1.29, 1.82) is 0 Å². The van der Waals surface area contributed by atoms with Gasteiger partial charge in [-0.3, -0.25) is 0 Å². The van der Waals surface area contributed by atoms with Gasteiger partial charge in [0, 0.05) is 25.2 Å². The molecule has 0 atom stereocenters. The fourth-order valence-corrected chi connectivity index (χ4v) is 3.33. The van der Waals surface area contributed by atoms with Crippen molar-refractivity contribution >= 4 is 29.7 Å². The predicted molar refractivity (Wildman–Crippen MR) is 127 cm³/mol. The Morgan fingerprint density at radius 1 is 0.973 bits per heavy atom. The molecule has 0 amide bonds. The monoisotopic (exact) mass is 523 g/mol. The molecular formula is C23H22F5N7O2. The summed E-state index contributed by atoms with van der Waals surface area (Å²) in [6.07, 6.45) is -6.04. The molecule has 2 aromatic carbocycles. The first-order valence-electron chi connectivity index (χ1n) is 11.1. The van der Waals surface area contributed by atoms with E-state index in [9.17, 15) is 22.0 Å². The fraction of sp³-hybridized carbons (Fsp3) is 0.304. The third-order valence-electron chi connectivity index (χ3n) is 5.01. The van der Waals surface area contributed by atoms with Crippen LogP contribution in [-0.4, -0.2) is 60.3 Å². The summed E-state index contributed by atoms with van der Waals surface area (Å²) in [6, 6.07) is 11.6. The molecule has 2 heterocycles. The van der Waals surface area contributed by atoms with Crippen molar-refractivity contribution in [2.75, 3.05) is 41.9 Å². The number of aromatic nitrogens is 3. The maximum atomic E-state index is 12.5. The first-order valence-corrected chi connectivity index (χ1v) is 11.1. The van der Waals surface area contributed by atoms with Crippen molar-refractivity contribution in [2.45, 2.75) is 19.2 Å². The molecule has 1 aliphatic rings. The standard InChI is InChI=1S/C23H22F5N7O2/c24-19(25)13-15-1-3-16(4-2-15)14-29-34-21-31-20(32-22(33-21)35-9-11-36-12-10-35)30-17-5-7-18(8-6-17)37-23(26,27)28/h1-8,14,19H,9-13H2,(H2,30,31,32,33,34)/b29-14+. The molecule has 3 aromatic rings. The smallest absolute Gasteiger partial charge is 0.406 e. The van der Waals surface area contributed by atoms with E-state index in [1.165, 1.54) is 18.3 Å². The zero-order valence-electron chi connectivity index (χ0n) is 19.3. The summed E-state index contributed by atoms with van der Waals surface area (Å²) in [5.41, 5.74) is 4.34. The van der Waals surface area contributed by atoms with E-state index >= 15 is 0 Å². The van der Waals surface area contributed by atoms with E-state index in [1.54, 1.807) is 24.3 Å². The number of ether oxygens (including phenoxy) is 2. The molecule has 37 heavy (non-hydrogen) atoms. The Morgan fingerprint density at radius 3 is 2.30 bits per heavy atom. The highest BCUT2D eigenvalue weighted by Crippen LogP contribution is 2.25. The summed E-state index contributed by atoms with van der Waals surface area (Å²) >= 11 is 0. The summed E-state index contributed by atoms with van der Waals surface area (Å²) in [5, 5.41) is 7.05. The minimum Gasteiger partial charge on any atom is -0.406 e. The quantitative estimate of drug-likeness (QED) is 0.239. The van der Waals surface area contributed by atoms with Crippen molar-refractivity contribution < 1.29 is 31.4 Å². The van der Waals surface area contributed by atoms with Gasteiger partial charge in [-0.05, 0) is 35.4 Å². The normalized spacial score (nSPS) is 14.3. The predicted octanol–water partition coefficient (Wildman–Crippen LogP) is 4.60. The number of rotatable bonds is 9. The number of hydrogen-bond donors (Lipinski definition) is 2. The number of hydrogen-bond acceptors (Lipinski definition) is 9. The molecule has 0 radical (unpaired) electrons. The van der Waals surface area contributed by atoms with Crippen molar-refractivity contribution in [3.63, 3.8) is 0 Å². The Labute approximate surface area is 208 Å². The van der Waals surface area contributed by atoms with Crippen molar-refractivity contribution in [3.8, 4) is 5.75 Å². The largest absolute Gasteiger partial charge is 0.573 e. The number of benzene rings is 2. The van der Waals surface area contributed by atoms with Crippen LogP contribution in [0.3, 0.4) is 0 Å². The summed E-state index contributed by atoms with van der Waals surface area (Å²) in [4.78, 5) is 15.0. The van der Waals surface area contributed by atoms with E-state index in [2.05, 4.69) is 35.5 Å². The van der Waals surface area contributed by atoms with Crippen molar-refractivity contribution in [3.05, 3.63) is 59.7 Å². The van der Waals surface area contributed by atoms with Crippen LogP contribution in [0.5, 0.6) is 5.75 Å². The molecule has 2 N–H and O–H groups in total. The molecule has 0 unspecified atom stereocenters. The van der Waals surface area contributed by atoms with Crippen LogP contribution < -0.4 is 20.4 Å². The minimum atomic E-state index is -4.79. The topological polar surface area (TPSA) is 96.8 Å². The fourth-order valence-electron chi connectivity index (χ4n) is 3.33. The molecule has 196 valence electrons. The van der Waals surface area contributed by atoms with Gasteiger partial charge in [0.25, 0.3) is 0 Å². The Hall–Kier alpha value is -4.07. The van der Waals surface area contributed by atoms with E-state index in [0.717, 1.165) is 12.1 Å². The van der Waals surface area contributed by atoms with Gasteiger partial charge in [-0.2, -0.15) is 20.1 Å². The van der Waals surface area contributed by atoms with Crippen LogP contribution in [0.1, 0.15) is 11.1 Å². The van der Waals surface area contributed by atoms with Gasteiger partial charge >= 0.3 is 6.36 Å². The first-order chi connectivity index (χ1) is 17.7. The lowest BCUT2D eigenvalue weighted by Gasteiger charge is -2.27. The third kappa shape index (κ3) is 8.24. The minimum absolute atomic E-state index is 0.113. The molecule has 1 saturated heterocycles. The Morgan fingerprint density at radius 2 is 1.65 bits per heavy atom. The van der Waals surface area contributed by atoms with Gasteiger partial charge in [-0.15, -0.1) is 13.2 Å². The molecule has 1 fully saturated rings. The Balaban J connectivity index is 1.49. The maximum absolute atomic E-state index is 12.5. The highest BCUT2D eigenvalue weighted by atomic mass is 19.4. The van der Waals surface area contributed by atoms with Gasteiger partial charge in [0.15, 0.2) is 0 Å². The van der Waals surface area contributed by atoms with Crippen LogP contribution in [0, 0.1) is 0 Å². The summed E-state index contributed by atoms with van der Waals surface area (Å²) in [6.45, 7) is 2.11. The van der Waals surface area contributed by atoms with E-state index in [-0.39, 0.29) is 24.1 Å². The summed E-state index contributed by atoms with van der Waals surface area (Å²) in [7, 11) is 0. The van der Waals surface area contributed by atoms with Gasteiger partial charge in [0.2, 0.25) is 24.3 Å². The number of nitrogens with zero attached hydrogens (tertiary/aromatic N) is 5. The number of alkyl halides is 5. The maximum Gasteiger partial charge on any atom is 0.573 e. The summed E-state index contributed by atoms with van der Waals surface area (Å²) in [5.74, 6) is 0.241. The van der Waals surface area contributed by atoms with E-state index < -0.39 is 12.8 Å². The highest BCUT2D eigenvalue weighted by molar-refractivity contribution is 5.80. The zero-order chi connectivity index (χ0) is 26.3. The molecule has 0 spiro atoms. The molecular weight excluding hydrogens is 501 g/mol. The van der Waals surface area contributed by atoms with Gasteiger partial charge in [0.1, 0.15) is 5.75 Å². The lowest BCUT2D eigenvalue weighted by molar-refractivity contribution is -0.274. The van der Waals surface area contributed by atoms with Gasteiger partial charge < -0.3 is 19.7 Å². The molecule has 0 aliphatic carbocycles. The van der Waals surface area contributed by atoms with E-state index in [1.807, 2.05) is 4.90 Å². The van der Waals surface area contributed by atoms with Gasteiger partial charge in [-0.1, -0.05) is 24.3 Å². The van der Waals surface area contributed by atoms with Crippen LogP contribution in [0.15, 0.2) is 53.6 Å².